The zero-order valence-corrected chi connectivity index (χ0v) is 20.5. The van der Waals surface area contributed by atoms with Crippen molar-refractivity contribution in [1.82, 2.24) is 5.32 Å². The van der Waals surface area contributed by atoms with E-state index in [0.29, 0.717) is 17.8 Å². The lowest BCUT2D eigenvalue weighted by Crippen LogP contribution is -2.44. The third kappa shape index (κ3) is 6.48. The first-order chi connectivity index (χ1) is 15.5. The van der Waals surface area contributed by atoms with Crippen LogP contribution in [0.3, 0.4) is 0 Å². The molecule has 1 atom stereocenters. The Morgan fingerprint density at radius 3 is 2.12 bits per heavy atom. The Morgan fingerprint density at radius 1 is 0.970 bits per heavy atom. The van der Waals surface area contributed by atoms with Crippen LogP contribution in [0.2, 0.25) is 0 Å². The summed E-state index contributed by atoms with van der Waals surface area (Å²) in [6.07, 6.45) is -0.339. The Hall–Kier alpha value is -2.59. The molecule has 1 N–H and O–H groups in total. The van der Waals surface area contributed by atoms with Gasteiger partial charge in [-0.15, -0.1) is 0 Å². The second-order valence-corrected chi connectivity index (χ2v) is 8.56. The van der Waals surface area contributed by atoms with Gasteiger partial charge in [-0.3, -0.25) is 9.59 Å². The van der Waals surface area contributed by atoms with Crippen LogP contribution in [-0.2, 0) is 28.4 Å². The fraction of sp³-hybridized carbons (Fsp3) is 0.609. The first-order valence-electron chi connectivity index (χ1n) is 11.2. The minimum atomic E-state index is -1.19. The molecule has 0 bridgehead atoms. The van der Waals surface area contributed by atoms with E-state index in [-0.39, 0.29) is 25.2 Å². The molecule has 1 unspecified atom stereocenters. The number of carbonyl (C=O) groups is 3. The summed E-state index contributed by atoms with van der Waals surface area (Å²) in [6, 6.07) is 3.79. The van der Waals surface area contributed by atoms with Gasteiger partial charge in [0.25, 0.3) is 5.91 Å². The summed E-state index contributed by atoms with van der Waals surface area (Å²) in [7, 11) is -0.623. The molecule has 0 radical (unpaired) electrons. The van der Waals surface area contributed by atoms with Gasteiger partial charge in [-0.1, -0.05) is 6.07 Å². The summed E-state index contributed by atoms with van der Waals surface area (Å²) in [5.74, 6) is -1.61. The van der Waals surface area contributed by atoms with E-state index in [1.54, 1.807) is 39.0 Å². The summed E-state index contributed by atoms with van der Waals surface area (Å²) >= 11 is 0. The smallest absolute Gasteiger partial charge is 0.493 e. The zero-order chi connectivity index (χ0) is 24.8. The van der Waals surface area contributed by atoms with Gasteiger partial charge >= 0.3 is 19.1 Å². The second-order valence-electron chi connectivity index (χ2n) is 8.56. The minimum absolute atomic E-state index is 0.112. The monoisotopic (exact) mass is 463 g/mol. The van der Waals surface area contributed by atoms with Gasteiger partial charge in [-0.25, -0.2) is 4.79 Å². The fourth-order valence-corrected chi connectivity index (χ4v) is 3.19. The van der Waals surface area contributed by atoms with Gasteiger partial charge in [0, 0.05) is 0 Å². The number of hydrogen-bond acceptors (Lipinski definition) is 8. The van der Waals surface area contributed by atoms with Crippen molar-refractivity contribution in [2.45, 2.75) is 72.1 Å². The first-order valence-corrected chi connectivity index (χ1v) is 11.2. The molecule has 1 heterocycles. The third-order valence-electron chi connectivity index (χ3n) is 5.63. The highest BCUT2D eigenvalue weighted by molar-refractivity contribution is 6.62. The maximum absolute atomic E-state index is 13.0. The topological polar surface area (TPSA) is 109 Å². The van der Waals surface area contributed by atoms with Gasteiger partial charge < -0.3 is 28.8 Å². The molecule has 1 saturated heterocycles. The van der Waals surface area contributed by atoms with Crippen LogP contribution >= 0.6 is 0 Å². The van der Waals surface area contributed by atoms with Gasteiger partial charge in [0.2, 0.25) is 0 Å². The van der Waals surface area contributed by atoms with Gasteiger partial charge in [-0.05, 0) is 66.1 Å². The van der Waals surface area contributed by atoms with Crippen molar-refractivity contribution in [2.75, 3.05) is 19.8 Å². The molecule has 0 aliphatic carbocycles. The van der Waals surface area contributed by atoms with Crippen molar-refractivity contribution < 1.29 is 37.9 Å². The molecule has 10 heteroatoms. The number of carbonyl (C=O) groups excluding carboxylic acids is 3. The zero-order valence-electron chi connectivity index (χ0n) is 20.5. The molecule has 1 aliphatic rings. The van der Waals surface area contributed by atoms with E-state index in [2.05, 4.69) is 5.32 Å². The third-order valence-corrected chi connectivity index (χ3v) is 5.63. The van der Waals surface area contributed by atoms with Crippen LogP contribution in [0.4, 0.5) is 0 Å². The van der Waals surface area contributed by atoms with E-state index in [4.69, 9.17) is 23.5 Å². The lowest BCUT2D eigenvalue weighted by molar-refractivity contribution is -0.152. The number of ether oxygens (including phenoxy) is 3. The molecule has 0 aromatic heterocycles. The molecule has 1 amide bonds. The molecule has 0 spiro atoms. The van der Waals surface area contributed by atoms with Gasteiger partial charge in [0.15, 0.2) is 0 Å². The highest BCUT2D eigenvalue weighted by atomic mass is 16.7. The van der Waals surface area contributed by atoms with Crippen LogP contribution in [0.15, 0.2) is 18.2 Å². The van der Waals surface area contributed by atoms with Crippen molar-refractivity contribution in [1.29, 1.82) is 0 Å². The fourth-order valence-electron chi connectivity index (χ4n) is 3.19. The average Bonchev–Trinajstić information content (AvgIpc) is 2.95. The predicted octanol–water partition coefficient (Wildman–Crippen LogP) is 2.00. The van der Waals surface area contributed by atoms with Gasteiger partial charge in [-0.2, -0.15) is 0 Å². The van der Waals surface area contributed by atoms with Crippen molar-refractivity contribution in [3.63, 3.8) is 0 Å². The molecular weight excluding hydrogens is 429 g/mol. The number of esters is 2. The normalized spacial score (nSPS) is 17.2. The SMILES string of the molecule is CCOC(=O)CC(NC(=O)c1ccc(B2OC(C)(C)C(C)(C)O2)cc1OCC)C(=O)OCC. The lowest BCUT2D eigenvalue weighted by Gasteiger charge is -2.32. The quantitative estimate of drug-likeness (QED) is 0.415. The molecule has 2 rings (SSSR count). The predicted molar refractivity (Wildman–Crippen MR) is 122 cm³/mol. The van der Waals surface area contributed by atoms with Gasteiger partial charge in [0.05, 0.1) is 43.0 Å². The van der Waals surface area contributed by atoms with Crippen LogP contribution < -0.4 is 15.5 Å². The number of nitrogens with one attached hydrogen (secondary N) is 1. The highest BCUT2D eigenvalue weighted by Gasteiger charge is 2.51. The maximum atomic E-state index is 13.0. The van der Waals surface area contributed by atoms with Crippen molar-refractivity contribution in [3.8, 4) is 5.75 Å². The van der Waals surface area contributed by atoms with E-state index in [1.807, 2.05) is 27.7 Å². The first kappa shape index (κ1) is 26.7. The Morgan fingerprint density at radius 2 is 1.58 bits per heavy atom. The number of amides is 1. The lowest BCUT2D eigenvalue weighted by atomic mass is 9.78. The van der Waals surface area contributed by atoms with E-state index in [0.717, 1.165) is 0 Å². The molecule has 33 heavy (non-hydrogen) atoms. The summed E-state index contributed by atoms with van der Waals surface area (Å²) in [5, 5.41) is 2.56. The minimum Gasteiger partial charge on any atom is -0.493 e. The van der Waals surface area contributed by atoms with E-state index in [1.165, 1.54) is 0 Å². The number of rotatable bonds is 10. The van der Waals surface area contributed by atoms with E-state index in [9.17, 15) is 14.4 Å². The van der Waals surface area contributed by atoms with Crippen LogP contribution in [0.1, 0.15) is 65.2 Å². The number of hydrogen-bond donors (Lipinski definition) is 1. The molecule has 182 valence electrons. The summed E-state index contributed by atoms with van der Waals surface area (Å²) in [6.45, 7) is 13.5. The summed E-state index contributed by atoms with van der Waals surface area (Å²) in [5.41, 5.74) is -0.129. The summed E-state index contributed by atoms with van der Waals surface area (Å²) < 4.78 is 27.8. The molecule has 1 aromatic carbocycles. The molecule has 1 aliphatic heterocycles. The average molecular weight is 463 g/mol. The van der Waals surface area contributed by atoms with Crippen molar-refractivity contribution >= 4 is 30.4 Å². The highest BCUT2D eigenvalue weighted by Crippen LogP contribution is 2.36. The largest absolute Gasteiger partial charge is 0.494 e. The van der Waals surface area contributed by atoms with Crippen LogP contribution in [-0.4, -0.2) is 62.0 Å². The molecule has 1 fully saturated rings. The van der Waals surface area contributed by atoms with Crippen LogP contribution in [0, 0.1) is 0 Å². The molecular formula is C23H34BNO8. The Balaban J connectivity index is 2.27. The summed E-state index contributed by atoms with van der Waals surface area (Å²) in [4.78, 5) is 37.2. The molecule has 0 saturated carbocycles. The van der Waals surface area contributed by atoms with Crippen LogP contribution in [0.5, 0.6) is 5.75 Å². The standard InChI is InChI=1S/C23H34BNO8/c1-8-29-18-13-15(24-32-22(4,5)23(6,7)33-24)11-12-16(18)20(27)25-17(21(28)31-10-3)14-19(26)30-9-2/h11-13,17H,8-10,14H2,1-7H3,(H,25,27). The van der Waals surface area contributed by atoms with Crippen LogP contribution in [0.25, 0.3) is 0 Å². The Bertz CT molecular complexity index is 854. The van der Waals surface area contributed by atoms with E-state index >= 15 is 0 Å². The maximum Gasteiger partial charge on any atom is 0.494 e. The van der Waals surface area contributed by atoms with Crippen molar-refractivity contribution in [3.05, 3.63) is 23.8 Å². The Labute approximate surface area is 195 Å². The van der Waals surface area contributed by atoms with Crippen molar-refractivity contribution in [2.24, 2.45) is 0 Å². The van der Waals surface area contributed by atoms with E-state index < -0.39 is 42.2 Å². The molecule has 9 nitrogen and oxygen atoms in total. The second kappa shape index (κ2) is 11.0. The Kier molecular flexibility index (Phi) is 8.91. The number of benzene rings is 1. The van der Waals surface area contributed by atoms with Gasteiger partial charge in [0.1, 0.15) is 11.8 Å². The molecule has 1 aromatic rings.